The molecule has 0 saturated heterocycles. The second-order valence-corrected chi connectivity index (χ2v) is 5.90. The van der Waals surface area contributed by atoms with Crippen molar-refractivity contribution in [2.75, 3.05) is 17.2 Å². The summed E-state index contributed by atoms with van der Waals surface area (Å²) in [5.41, 5.74) is 10.3. The molecule has 1 heterocycles. The highest BCUT2D eigenvalue weighted by molar-refractivity contribution is 9.10. The van der Waals surface area contributed by atoms with Crippen molar-refractivity contribution >= 4 is 33.2 Å². The van der Waals surface area contributed by atoms with Crippen molar-refractivity contribution in [2.45, 2.75) is 13.3 Å². The molecule has 102 valence electrons. The average molecular weight is 331 g/mol. The van der Waals surface area contributed by atoms with Crippen LogP contribution < -0.4 is 10.6 Å². The van der Waals surface area contributed by atoms with Crippen LogP contribution in [0.15, 0.2) is 40.9 Å². The number of hydrogen-bond acceptors (Lipinski definition) is 2. The minimum Gasteiger partial charge on any atom is -0.398 e. The second kappa shape index (κ2) is 4.94. The van der Waals surface area contributed by atoms with Crippen molar-refractivity contribution in [1.82, 2.24) is 0 Å². The summed E-state index contributed by atoms with van der Waals surface area (Å²) in [5.74, 6) is -0.0195. The van der Waals surface area contributed by atoms with E-state index >= 15 is 0 Å². The van der Waals surface area contributed by atoms with Crippen molar-refractivity contribution in [3.8, 4) is 0 Å². The van der Waals surface area contributed by atoms with Crippen molar-refractivity contribution in [1.29, 1.82) is 0 Å². The van der Waals surface area contributed by atoms with E-state index < -0.39 is 0 Å². The number of halogens is 1. The number of carbonyl (C=O) groups is 1. The third-order valence-corrected chi connectivity index (χ3v) is 4.28. The molecule has 0 atom stereocenters. The van der Waals surface area contributed by atoms with Crippen molar-refractivity contribution < 1.29 is 4.79 Å². The predicted molar refractivity (Wildman–Crippen MR) is 85.1 cm³/mol. The van der Waals surface area contributed by atoms with Crippen LogP contribution in [0.25, 0.3) is 0 Å². The maximum atomic E-state index is 12.7. The normalized spacial score (nSPS) is 14.3. The second-order valence-electron chi connectivity index (χ2n) is 5.04. The lowest BCUT2D eigenvalue weighted by Gasteiger charge is -2.30. The number of carbonyl (C=O) groups excluding carboxylic acids is 1. The number of amides is 1. The van der Waals surface area contributed by atoms with Crippen molar-refractivity contribution in [3.63, 3.8) is 0 Å². The third-order valence-electron chi connectivity index (χ3n) is 3.64. The molecule has 0 unspecified atom stereocenters. The number of benzene rings is 2. The number of aryl methyl sites for hydroxylation is 1. The summed E-state index contributed by atoms with van der Waals surface area (Å²) in [4.78, 5) is 14.5. The molecule has 1 aliphatic heterocycles. The quantitative estimate of drug-likeness (QED) is 0.813. The van der Waals surface area contributed by atoms with Gasteiger partial charge in [0.15, 0.2) is 0 Å². The van der Waals surface area contributed by atoms with Crippen LogP contribution in [-0.2, 0) is 6.42 Å². The number of hydrogen-bond donors (Lipinski definition) is 1. The topological polar surface area (TPSA) is 46.3 Å². The molecule has 0 spiro atoms. The highest BCUT2D eigenvalue weighted by Crippen LogP contribution is 2.32. The number of nitrogens with two attached hydrogens (primary N) is 1. The first-order valence-corrected chi connectivity index (χ1v) is 7.32. The molecule has 3 nitrogen and oxygen atoms in total. The molecule has 0 fully saturated rings. The molecule has 0 bridgehead atoms. The Morgan fingerprint density at radius 1 is 1.25 bits per heavy atom. The van der Waals surface area contributed by atoms with Crippen LogP contribution in [0.4, 0.5) is 11.4 Å². The maximum Gasteiger partial charge on any atom is 0.260 e. The predicted octanol–water partition coefficient (Wildman–Crippen LogP) is 3.54. The third kappa shape index (κ3) is 2.10. The summed E-state index contributed by atoms with van der Waals surface area (Å²) in [5, 5.41) is 0. The molecule has 4 heteroatoms. The van der Waals surface area contributed by atoms with Crippen LogP contribution in [0.3, 0.4) is 0 Å². The molecule has 0 aromatic heterocycles. The first-order chi connectivity index (χ1) is 9.58. The Morgan fingerprint density at radius 3 is 2.80 bits per heavy atom. The monoisotopic (exact) mass is 330 g/mol. The van der Waals surface area contributed by atoms with E-state index in [9.17, 15) is 4.79 Å². The Hall–Kier alpha value is -1.81. The molecule has 1 aliphatic rings. The van der Waals surface area contributed by atoms with Crippen molar-refractivity contribution in [2.24, 2.45) is 0 Å². The van der Waals surface area contributed by atoms with E-state index in [1.807, 2.05) is 37.3 Å². The summed E-state index contributed by atoms with van der Waals surface area (Å²) in [6.45, 7) is 2.71. The average Bonchev–Trinajstić information content (AvgIpc) is 2.40. The van der Waals surface area contributed by atoms with Gasteiger partial charge in [-0.2, -0.15) is 0 Å². The molecule has 0 radical (unpaired) electrons. The summed E-state index contributed by atoms with van der Waals surface area (Å²) in [6, 6.07) is 11.7. The summed E-state index contributed by atoms with van der Waals surface area (Å²) >= 11 is 3.54. The van der Waals surface area contributed by atoms with Gasteiger partial charge in [-0.15, -0.1) is 0 Å². The Bertz CT molecular complexity index is 697. The first kappa shape index (κ1) is 13.2. The van der Waals surface area contributed by atoms with Gasteiger partial charge in [-0.05, 0) is 58.6 Å². The Morgan fingerprint density at radius 2 is 2.05 bits per heavy atom. The minimum absolute atomic E-state index is 0.0195. The maximum absolute atomic E-state index is 12.7. The lowest BCUT2D eigenvalue weighted by molar-refractivity contribution is 0.0981. The number of nitrogen functional groups attached to an aromatic ring is 1. The van der Waals surface area contributed by atoms with E-state index in [2.05, 4.69) is 15.9 Å². The van der Waals surface area contributed by atoms with E-state index in [-0.39, 0.29) is 5.91 Å². The van der Waals surface area contributed by atoms with Gasteiger partial charge in [0.2, 0.25) is 0 Å². The van der Waals surface area contributed by atoms with E-state index in [1.165, 1.54) is 0 Å². The van der Waals surface area contributed by atoms with Gasteiger partial charge >= 0.3 is 0 Å². The van der Waals surface area contributed by atoms with Crippen LogP contribution >= 0.6 is 15.9 Å². The molecule has 0 saturated carbocycles. The van der Waals surface area contributed by atoms with Gasteiger partial charge in [-0.1, -0.05) is 18.2 Å². The van der Waals surface area contributed by atoms with Crippen LogP contribution in [0.1, 0.15) is 21.5 Å². The Kier molecular flexibility index (Phi) is 3.26. The standard InChI is InChI=1S/C16H15BrN2O/c1-10-5-6-14(12(17)9-10)19-8-7-11-3-2-4-13(18)15(11)16(19)20/h2-6,9H,7-8,18H2,1H3. The smallest absolute Gasteiger partial charge is 0.260 e. The van der Waals surface area contributed by atoms with Gasteiger partial charge in [0.1, 0.15) is 0 Å². The summed E-state index contributed by atoms with van der Waals surface area (Å²) < 4.78 is 0.934. The zero-order valence-electron chi connectivity index (χ0n) is 11.2. The van der Waals surface area contributed by atoms with Crippen LogP contribution in [0, 0.1) is 6.92 Å². The fourth-order valence-corrected chi connectivity index (χ4v) is 3.33. The molecule has 2 aromatic rings. The molecule has 2 N–H and O–H groups in total. The molecular weight excluding hydrogens is 316 g/mol. The number of fused-ring (bicyclic) bond motifs is 1. The highest BCUT2D eigenvalue weighted by atomic mass is 79.9. The zero-order valence-corrected chi connectivity index (χ0v) is 12.8. The van der Waals surface area contributed by atoms with E-state index in [1.54, 1.807) is 11.0 Å². The van der Waals surface area contributed by atoms with Crippen molar-refractivity contribution in [3.05, 3.63) is 57.6 Å². The zero-order chi connectivity index (χ0) is 14.3. The number of rotatable bonds is 1. The molecule has 0 aliphatic carbocycles. The van der Waals surface area contributed by atoms with Gasteiger partial charge in [0.25, 0.3) is 5.91 Å². The number of anilines is 2. The van der Waals surface area contributed by atoms with Gasteiger partial charge in [-0.3, -0.25) is 4.79 Å². The van der Waals surface area contributed by atoms with Crippen LogP contribution in [-0.4, -0.2) is 12.5 Å². The first-order valence-electron chi connectivity index (χ1n) is 6.53. The SMILES string of the molecule is Cc1ccc(N2CCc3cccc(N)c3C2=O)c(Br)c1. The summed E-state index contributed by atoms with van der Waals surface area (Å²) in [7, 11) is 0. The van der Waals surface area contributed by atoms with Crippen LogP contribution in [0.2, 0.25) is 0 Å². The van der Waals surface area contributed by atoms with E-state index in [4.69, 9.17) is 5.73 Å². The van der Waals surface area contributed by atoms with Gasteiger partial charge in [-0.25, -0.2) is 0 Å². The minimum atomic E-state index is -0.0195. The largest absolute Gasteiger partial charge is 0.398 e. The molecule has 20 heavy (non-hydrogen) atoms. The lowest BCUT2D eigenvalue weighted by atomic mass is 9.97. The molecule has 2 aromatic carbocycles. The fourth-order valence-electron chi connectivity index (χ4n) is 2.62. The highest BCUT2D eigenvalue weighted by Gasteiger charge is 2.28. The number of nitrogens with zero attached hydrogens (tertiary/aromatic N) is 1. The van der Waals surface area contributed by atoms with E-state index in [0.717, 1.165) is 27.7 Å². The Balaban J connectivity index is 2.06. The van der Waals surface area contributed by atoms with Gasteiger partial charge in [0, 0.05) is 16.7 Å². The molecular formula is C16H15BrN2O. The van der Waals surface area contributed by atoms with Gasteiger partial charge in [0.05, 0.1) is 11.3 Å². The fraction of sp³-hybridized carbons (Fsp3) is 0.188. The molecule has 1 amide bonds. The Labute approximate surface area is 126 Å². The molecule has 3 rings (SSSR count). The van der Waals surface area contributed by atoms with Gasteiger partial charge < -0.3 is 10.6 Å². The van der Waals surface area contributed by atoms with Crippen LogP contribution in [0.5, 0.6) is 0 Å². The summed E-state index contributed by atoms with van der Waals surface area (Å²) in [6.07, 6.45) is 0.826. The lowest BCUT2D eigenvalue weighted by Crippen LogP contribution is -2.38. The van der Waals surface area contributed by atoms with E-state index in [0.29, 0.717) is 17.8 Å².